The van der Waals surface area contributed by atoms with Crippen molar-refractivity contribution < 1.29 is 4.42 Å². The third-order valence-corrected chi connectivity index (χ3v) is 13.8. The van der Waals surface area contributed by atoms with Crippen molar-refractivity contribution >= 4 is 33.7 Å². The summed E-state index contributed by atoms with van der Waals surface area (Å²) in [5.74, 6) is 1.21. The van der Waals surface area contributed by atoms with E-state index in [4.69, 9.17) is 24.4 Å². The van der Waals surface area contributed by atoms with Gasteiger partial charge in [-0.25, -0.2) is 19.9 Å². The standard InChI is InChI=1S/C57H34N4OS/c1-3-15-35(16-4-1)49-32-50(61-56(60-49)38-33-58-55(59-34-38)36-17-5-2-6-18-36)37-27-28-42-40-20-8-7-19-39(40)41-21-9-11-23-45(41)57(47(42)29-37)46-24-12-14-26-53(46)63-54-30-44-43-22-10-13-25-51(43)62-52(44)31-48(54)57/h1-34H. The van der Waals surface area contributed by atoms with E-state index in [1.807, 2.05) is 78.8 Å². The largest absolute Gasteiger partial charge is 0.456 e. The fourth-order valence-electron chi connectivity index (χ4n) is 9.89. The molecule has 0 fully saturated rings. The van der Waals surface area contributed by atoms with Gasteiger partial charge in [0.2, 0.25) is 0 Å². The van der Waals surface area contributed by atoms with Gasteiger partial charge in [-0.1, -0.05) is 169 Å². The molecule has 1 atom stereocenters. The first-order valence-corrected chi connectivity index (χ1v) is 21.9. The molecular formula is C57H34N4OS. The second-order valence-corrected chi connectivity index (χ2v) is 17.2. The zero-order chi connectivity index (χ0) is 41.5. The highest BCUT2D eigenvalue weighted by Gasteiger charge is 2.48. The van der Waals surface area contributed by atoms with Crippen molar-refractivity contribution in [2.24, 2.45) is 0 Å². The second kappa shape index (κ2) is 14.1. The van der Waals surface area contributed by atoms with E-state index in [1.54, 1.807) is 0 Å². The van der Waals surface area contributed by atoms with Crippen LogP contribution in [0.15, 0.2) is 221 Å². The lowest BCUT2D eigenvalue weighted by Crippen LogP contribution is -2.34. The van der Waals surface area contributed by atoms with Gasteiger partial charge in [-0.05, 0) is 80.9 Å². The lowest BCUT2D eigenvalue weighted by atomic mass is 9.63. The third-order valence-electron chi connectivity index (χ3n) is 12.7. The van der Waals surface area contributed by atoms with Gasteiger partial charge >= 0.3 is 0 Å². The van der Waals surface area contributed by atoms with Crippen LogP contribution in [0.5, 0.6) is 0 Å². The van der Waals surface area contributed by atoms with E-state index in [9.17, 15) is 0 Å². The Balaban J connectivity index is 1.11. The number of furan rings is 1. The van der Waals surface area contributed by atoms with E-state index in [1.165, 1.54) is 54.3 Å². The molecule has 13 rings (SSSR count). The number of aromatic nitrogens is 4. The van der Waals surface area contributed by atoms with Gasteiger partial charge in [0.05, 0.1) is 22.4 Å². The van der Waals surface area contributed by atoms with E-state index >= 15 is 0 Å². The number of nitrogens with zero attached hydrogens (tertiary/aromatic N) is 4. The minimum Gasteiger partial charge on any atom is -0.456 e. The van der Waals surface area contributed by atoms with Gasteiger partial charge in [-0.3, -0.25) is 0 Å². The molecule has 1 spiro atoms. The van der Waals surface area contributed by atoms with Gasteiger partial charge in [-0.2, -0.15) is 0 Å². The molecule has 6 heteroatoms. The molecule has 0 N–H and O–H groups in total. The molecule has 0 saturated carbocycles. The van der Waals surface area contributed by atoms with Crippen molar-refractivity contribution in [3.05, 3.63) is 229 Å². The highest BCUT2D eigenvalue weighted by atomic mass is 32.2. The van der Waals surface area contributed by atoms with Crippen molar-refractivity contribution in [2.75, 3.05) is 0 Å². The highest BCUT2D eigenvalue weighted by molar-refractivity contribution is 7.99. The molecule has 5 nitrogen and oxygen atoms in total. The smallest absolute Gasteiger partial charge is 0.163 e. The van der Waals surface area contributed by atoms with Crippen LogP contribution in [0.25, 0.3) is 89.5 Å². The SMILES string of the molecule is c1ccc(-c2cc(-c3ccc4c(c3)C3(c5ccccc5Sc5cc6c(cc53)oc3ccccc36)c3ccccc3-c3ccccc3-4)nc(-c3cnc(-c4ccccc4)nc3)n2)cc1. The van der Waals surface area contributed by atoms with Gasteiger partial charge in [0.15, 0.2) is 11.6 Å². The molecule has 4 heterocycles. The molecule has 0 radical (unpaired) electrons. The Hall–Kier alpha value is -7.93. The first kappa shape index (κ1) is 35.8. The maximum atomic E-state index is 6.71. The first-order chi connectivity index (χ1) is 31.2. The maximum Gasteiger partial charge on any atom is 0.163 e. The van der Waals surface area contributed by atoms with Crippen LogP contribution in [-0.4, -0.2) is 19.9 Å². The average molecular weight is 823 g/mol. The summed E-state index contributed by atoms with van der Waals surface area (Å²) in [6.07, 6.45) is 3.66. The Morgan fingerprint density at radius 2 is 0.984 bits per heavy atom. The average Bonchev–Trinajstić information content (AvgIpc) is 3.68. The zero-order valence-electron chi connectivity index (χ0n) is 33.7. The molecular weight excluding hydrogens is 789 g/mol. The van der Waals surface area contributed by atoms with Crippen molar-refractivity contribution in [3.63, 3.8) is 0 Å². The summed E-state index contributed by atoms with van der Waals surface area (Å²) >= 11 is 1.84. The Kier molecular flexibility index (Phi) is 7.99. The summed E-state index contributed by atoms with van der Waals surface area (Å²) in [6, 6.07) is 69.2. The Labute approximate surface area is 367 Å². The van der Waals surface area contributed by atoms with Gasteiger partial charge in [0.25, 0.3) is 0 Å². The van der Waals surface area contributed by atoms with Crippen molar-refractivity contribution in [3.8, 4) is 67.5 Å². The topological polar surface area (TPSA) is 64.7 Å². The number of fused-ring (bicyclic) bond motifs is 14. The van der Waals surface area contributed by atoms with E-state index in [-0.39, 0.29) is 0 Å². The minimum absolute atomic E-state index is 0.559. The fraction of sp³-hybridized carbons (Fsp3) is 0.0175. The monoisotopic (exact) mass is 822 g/mol. The van der Waals surface area contributed by atoms with Crippen LogP contribution in [0.1, 0.15) is 22.3 Å². The molecule has 0 bridgehead atoms. The van der Waals surface area contributed by atoms with E-state index in [0.29, 0.717) is 11.6 Å². The molecule has 0 saturated heterocycles. The summed E-state index contributed by atoms with van der Waals surface area (Å²) < 4.78 is 6.71. The highest BCUT2D eigenvalue weighted by Crippen LogP contribution is 2.62. The van der Waals surface area contributed by atoms with E-state index in [0.717, 1.165) is 55.6 Å². The van der Waals surface area contributed by atoms with E-state index in [2.05, 4.69) is 140 Å². The predicted molar refractivity (Wildman–Crippen MR) is 254 cm³/mol. The molecule has 1 unspecified atom stereocenters. The molecule has 63 heavy (non-hydrogen) atoms. The lowest BCUT2D eigenvalue weighted by Gasteiger charge is -2.43. The number of rotatable bonds is 4. The van der Waals surface area contributed by atoms with Crippen molar-refractivity contribution in [1.29, 1.82) is 0 Å². The summed E-state index contributed by atoms with van der Waals surface area (Å²) in [4.78, 5) is 22.5. The lowest BCUT2D eigenvalue weighted by molar-refractivity contribution is 0.660. The second-order valence-electron chi connectivity index (χ2n) is 16.1. The summed E-state index contributed by atoms with van der Waals surface area (Å²) in [7, 11) is 0. The molecule has 0 amide bonds. The predicted octanol–water partition coefficient (Wildman–Crippen LogP) is 14.3. The number of benzene rings is 8. The van der Waals surface area contributed by atoms with Crippen LogP contribution < -0.4 is 0 Å². The van der Waals surface area contributed by atoms with Gasteiger partial charge in [0.1, 0.15) is 11.2 Å². The molecule has 2 aliphatic rings. The first-order valence-electron chi connectivity index (χ1n) is 21.1. The molecule has 3 aromatic heterocycles. The fourth-order valence-corrected chi connectivity index (χ4v) is 11.1. The minimum atomic E-state index is -0.746. The van der Waals surface area contributed by atoms with Crippen LogP contribution in [-0.2, 0) is 5.41 Å². The van der Waals surface area contributed by atoms with Crippen molar-refractivity contribution in [2.45, 2.75) is 15.2 Å². The Bertz CT molecular complexity index is 3600. The number of hydrogen-bond acceptors (Lipinski definition) is 6. The van der Waals surface area contributed by atoms with Crippen LogP contribution in [0.4, 0.5) is 0 Å². The van der Waals surface area contributed by atoms with Gasteiger partial charge < -0.3 is 4.42 Å². The summed E-state index contributed by atoms with van der Waals surface area (Å²) in [5, 5.41) is 2.24. The maximum absolute atomic E-state index is 6.71. The molecule has 11 aromatic rings. The van der Waals surface area contributed by atoms with Crippen LogP contribution in [0.2, 0.25) is 0 Å². The van der Waals surface area contributed by atoms with Gasteiger partial charge in [-0.15, -0.1) is 0 Å². The van der Waals surface area contributed by atoms with Gasteiger partial charge in [0, 0.05) is 49.6 Å². The van der Waals surface area contributed by atoms with Crippen molar-refractivity contribution in [1.82, 2.24) is 19.9 Å². The Morgan fingerprint density at radius 1 is 0.365 bits per heavy atom. The van der Waals surface area contributed by atoms with Crippen LogP contribution in [0.3, 0.4) is 0 Å². The van der Waals surface area contributed by atoms with Crippen LogP contribution in [0, 0.1) is 0 Å². The normalized spacial score (nSPS) is 14.7. The third kappa shape index (κ3) is 5.51. The summed E-state index contributed by atoms with van der Waals surface area (Å²) in [5.41, 5.74) is 15.9. The Morgan fingerprint density at radius 3 is 1.76 bits per heavy atom. The zero-order valence-corrected chi connectivity index (χ0v) is 34.6. The van der Waals surface area contributed by atoms with E-state index < -0.39 is 5.41 Å². The molecule has 1 aliphatic heterocycles. The van der Waals surface area contributed by atoms with Crippen LogP contribution >= 0.6 is 11.8 Å². The molecule has 294 valence electrons. The summed E-state index contributed by atoms with van der Waals surface area (Å²) in [6.45, 7) is 0. The number of hydrogen-bond donors (Lipinski definition) is 0. The quantitative estimate of drug-likeness (QED) is 0.176. The molecule has 8 aromatic carbocycles. The molecule has 1 aliphatic carbocycles. The number of para-hydroxylation sites is 1.